The second-order valence-electron chi connectivity index (χ2n) is 4.67. The maximum atomic E-state index is 11.5. The van der Waals surface area contributed by atoms with E-state index >= 15 is 0 Å². The number of fused-ring (bicyclic) bond motifs is 2. The Morgan fingerprint density at radius 1 is 1.23 bits per heavy atom. The van der Waals surface area contributed by atoms with Gasteiger partial charge in [-0.15, -0.1) is 0 Å². The maximum Gasteiger partial charge on any atom is 0.223 e. The van der Waals surface area contributed by atoms with Crippen LogP contribution in [0.5, 0.6) is 0 Å². The van der Waals surface area contributed by atoms with E-state index in [1.807, 2.05) is 0 Å². The predicted octanol–water partition coefficient (Wildman–Crippen LogP) is 1.48. The highest BCUT2D eigenvalue weighted by atomic mass is 16.2. The average Bonchev–Trinajstić information content (AvgIpc) is 2.79. The van der Waals surface area contributed by atoms with Crippen molar-refractivity contribution in [3.8, 4) is 0 Å². The minimum atomic E-state index is 0.311. The summed E-state index contributed by atoms with van der Waals surface area (Å²) in [7, 11) is 0. The second-order valence-corrected chi connectivity index (χ2v) is 4.67. The van der Waals surface area contributed by atoms with Crippen molar-refractivity contribution in [3.63, 3.8) is 0 Å². The van der Waals surface area contributed by atoms with Gasteiger partial charge >= 0.3 is 0 Å². The van der Waals surface area contributed by atoms with E-state index in [2.05, 4.69) is 17.5 Å². The molecule has 2 heteroatoms. The van der Waals surface area contributed by atoms with E-state index in [4.69, 9.17) is 0 Å². The van der Waals surface area contributed by atoms with Crippen LogP contribution in [-0.4, -0.2) is 11.9 Å². The van der Waals surface area contributed by atoms with Crippen molar-refractivity contribution in [2.75, 3.05) is 0 Å². The largest absolute Gasteiger partial charge is 0.353 e. The number of hydrogen-bond donors (Lipinski definition) is 1. The fourth-order valence-corrected chi connectivity index (χ4v) is 2.59. The molecule has 0 heterocycles. The smallest absolute Gasteiger partial charge is 0.223 e. The van der Waals surface area contributed by atoms with Crippen molar-refractivity contribution in [2.24, 2.45) is 17.8 Å². The molecule has 2 nitrogen and oxygen atoms in total. The normalized spacial score (nSPS) is 41.1. The molecule has 2 fully saturated rings. The van der Waals surface area contributed by atoms with Crippen LogP contribution in [0, 0.1) is 17.8 Å². The van der Waals surface area contributed by atoms with Crippen LogP contribution in [0.3, 0.4) is 0 Å². The SMILES string of the molecule is O=C(NC1CC2C=CC1C2)C1CC1. The molecular formula is C11H15NO. The Morgan fingerprint density at radius 3 is 2.62 bits per heavy atom. The van der Waals surface area contributed by atoms with Gasteiger partial charge in [0, 0.05) is 12.0 Å². The lowest BCUT2D eigenvalue weighted by Gasteiger charge is -2.19. The second kappa shape index (κ2) is 2.60. The highest BCUT2D eigenvalue weighted by Gasteiger charge is 2.38. The zero-order valence-corrected chi connectivity index (χ0v) is 7.70. The molecule has 3 atom stereocenters. The molecule has 0 aromatic rings. The van der Waals surface area contributed by atoms with E-state index in [-0.39, 0.29) is 0 Å². The lowest BCUT2D eigenvalue weighted by atomic mass is 10.0. The van der Waals surface area contributed by atoms with E-state index in [1.165, 1.54) is 12.8 Å². The van der Waals surface area contributed by atoms with Crippen LogP contribution < -0.4 is 5.32 Å². The fourth-order valence-electron chi connectivity index (χ4n) is 2.59. The molecule has 1 N–H and O–H groups in total. The molecule has 0 aromatic carbocycles. The predicted molar refractivity (Wildman–Crippen MR) is 50.0 cm³/mol. The number of nitrogens with one attached hydrogen (secondary N) is 1. The first kappa shape index (κ1) is 7.60. The Bertz CT molecular complexity index is 267. The van der Waals surface area contributed by atoms with Gasteiger partial charge in [0.15, 0.2) is 0 Å². The molecule has 0 spiro atoms. The highest BCUT2D eigenvalue weighted by molar-refractivity contribution is 5.81. The lowest BCUT2D eigenvalue weighted by Crippen LogP contribution is -2.38. The van der Waals surface area contributed by atoms with Crippen molar-refractivity contribution in [2.45, 2.75) is 31.7 Å². The standard InChI is InChI=1S/C11H15NO/c13-11(8-3-4-8)12-10-6-7-1-2-9(10)5-7/h1-2,7-10H,3-6H2,(H,12,13). The van der Waals surface area contributed by atoms with Crippen molar-refractivity contribution in [1.82, 2.24) is 5.32 Å². The monoisotopic (exact) mass is 177 g/mol. The molecule has 0 radical (unpaired) electrons. The first-order valence-corrected chi connectivity index (χ1v) is 5.31. The summed E-state index contributed by atoms with van der Waals surface area (Å²) < 4.78 is 0. The Balaban J connectivity index is 1.61. The number of allylic oxidation sites excluding steroid dienone is 1. The molecule has 0 saturated heterocycles. The molecule has 13 heavy (non-hydrogen) atoms. The Morgan fingerprint density at radius 2 is 2.08 bits per heavy atom. The van der Waals surface area contributed by atoms with Gasteiger partial charge in [-0.2, -0.15) is 0 Å². The summed E-state index contributed by atoms with van der Waals surface area (Å²) in [4.78, 5) is 11.5. The Kier molecular flexibility index (Phi) is 1.52. The van der Waals surface area contributed by atoms with E-state index in [1.54, 1.807) is 0 Å². The van der Waals surface area contributed by atoms with Crippen molar-refractivity contribution < 1.29 is 4.79 Å². The number of amides is 1. The summed E-state index contributed by atoms with van der Waals surface area (Å²) >= 11 is 0. The summed E-state index contributed by atoms with van der Waals surface area (Å²) in [6.45, 7) is 0. The van der Waals surface area contributed by atoms with Crippen molar-refractivity contribution in [1.29, 1.82) is 0 Å². The molecule has 2 saturated carbocycles. The summed E-state index contributed by atoms with van der Waals surface area (Å²) in [6.07, 6.45) is 9.27. The van der Waals surface area contributed by atoms with Gasteiger partial charge in [-0.3, -0.25) is 4.79 Å². The van der Waals surface area contributed by atoms with Crippen LogP contribution in [0.1, 0.15) is 25.7 Å². The quantitative estimate of drug-likeness (QED) is 0.636. The molecule has 0 aromatic heterocycles. The van der Waals surface area contributed by atoms with Gasteiger partial charge in [-0.25, -0.2) is 0 Å². The van der Waals surface area contributed by atoms with Gasteiger partial charge in [0.05, 0.1) is 0 Å². The van der Waals surface area contributed by atoms with Crippen LogP contribution in [0.25, 0.3) is 0 Å². The number of hydrogen-bond acceptors (Lipinski definition) is 1. The Hall–Kier alpha value is -0.790. The Labute approximate surface area is 78.4 Å². The van der Waals surface area contributed by atoms with Crippen LogP contribution in [-0.2, 0) is 4.79 Å². The van der Waals surface area contributed by atoms with Gasteiger partial charge in [0.25, 0.3) is 0 Å². The maximum absolute atomic E-state index is 11.5. The summed E-state index contributed by atoms with van der Waals surface area (Å²) in [5.74, 6) is 2.08. The van der Waals surface area contributed by atoms with E-state index in [9.17, 15) is 4.79 Å². The van der Waals surface area contributed by atoms with Gasteiger partial charge in [0.2, 0.25) is 5.91 Å². The van der Waals surface area contributed by atoms with Gasteiger partial charge in [-0.05, 0) is 37.5 Å². The molecule has 1 amide bonds. The zero-order chi connectivity index (χ0) is 8.84. The van der Waals surface area contributed by atoms with E-state index in [0.717, 1.165) is 18.8 Å². The number of carbonyl (C=O) groups is 1. The molecule has 0 aliphatic heterocycles. The third-order valence-electron chi connectivity index (χ3n) is 3.55. The van der Waals surface area contributed by atoms with Crippen molar-refractivity contribution in [3.05, 3.63) is 12.2 Å². The lowest BCUT2D eigenvalue weighted by molar-refractivity contribution is -0.123. The minimum absolute atomic E-state index is 0.311. The average molecular weight is 177 g/mol. The van der Waals surface area contributed by atoms with Crippen molar-refractivity contribution >= 4 is 5.91 Å². The molecule has 3 rings (SSSR count). The van der Waals surface area contributed by atoms with Gasteiger partial charge in [-0.1, -0.05) is 12.2 Å². The molecule has 3 unspecified atom stereocenters. The number of rotatable bonds is 2. The first-order valence-electron chi connectivity index (χ1n) is 5.31. The van der Waals surface area contributed by atoms with Gasteiger partial charge in [0.1, 0.15) is 0 Å². The highest BCUT2D eigenvalue weighted by Crippen LogP contribution is 2.39. The van der Waals surface area contributed by atoms with Crippen LogP contribution in [0.4, 0.5) is 0 Å². The third kappa shape index (κ3) is 1.28. The van der Waals surface area contributed by atoms with E-state index in [0.29, 0.717) is 23.8 Å². The topological polar surface area (TPSA) is 29.1 Å². The van der Waals surface area contributed by atoms with Crippen LogP contribution in [0.15, 0.2) is 12.2 Å². The molecule has 2 bridgehead atoms. The van der Waals surface area contributed by atoms with Gasteiger partial charge < -0.3 is 5.32 Å². The molecule has 3 aliphatic carbocycles. The first-order chi connectivity index (χ1) is 6.33. The molecule has 70 valence electrons. The van der Waals surface area contributed by atoms with Crippen LogP contribution in [0.2, 0.25) is 0 Å². The molecular weight excluding hydrogens is 162 g/mol. The fraction of sp³-hybridized carbons (Fsp3) is 0.727. The third-order valence-corrected chi connectivity index (χ3v) is 3.55. The number of carbonyl (C=O) groups excluding carboxylic acids is 1. The summed E-state index contributed by atoms with van der Waals surface area (Å²) in [6, 6.07) is 0.461. The zero-order valence-electron chi connectivity index (χ0n) is 7.70. The van der Waals surface area contributed by atoms with Crippen LogP contribution >= 0.6 is 0 Å². The minimum Gasteiger partial charge on any atom is -0.353 e. The molecule has 3 aliphatic rings. The summed E-state index contributed by atoms with van der Waals surface area (Å²) in [5.41, 5.74) is 0. The summed E-state index contributed by atoms with van der Waals surface area (Å²) in [5, 5.41) is 3.18. The van der Waals surface area contributed by atoms with E-state index < -0.39 is 0 Å².